The lowest BCUT2D eigenvalue weighted by atomic mass is 9.95. The summed E-state index contributed by atoms with van der Waals surface area (Å²) in [4.78, 5) is 0.293. The molecule has 1 aliphatic rings. The Morgan fingerprint density at radius 1 is 0.694 bits per heavy atom. The molecule has 184 valence electrons. The average Bonchev–Trinajstić information content (AvgIpc) is 3.26. The Kier molecular flexibility index (Phi) is 5.98. The van der Waals surface area contributed by atoms with Crippen molar-refractivity contribution in [2.24, 2.45) is 0 Å². The molecule has 8 heteroatoms. The first-order valence-electron chi connectivity index (χ1n) is 11.5. The van der Waals surface area contributed by atoms with Crippen molar-refractivity contribution in [2.75, 3.05) is 6.54 Å². The van der Waals surface area contributed by atoms with Crippen molar-refractivity contribution >= 4 is 25.6 Å². The summed E-state index contributed by atoms with van der Waals surface area (Å²) in [5.41, 5.74) is 5.03. The number of rotatable bonds is 5. The molecule has 0 unspecified atom stereocenters. The lowest BCUT2D eigenvalue weighted by Crippen LogP contribution is -2.36. The number of sulfonamides is 1. The zero-order valence-electron chi connectivity index (χ0n) is 20.0. The molecule has 0 amide bonds. The molecule has 0 N–H and O–H groups in total. The smallest absolute Gasteiger partial charge is 0.243 e. The molecule has 0 atom stereocenters. The molecular weight excluding hydrogens is 492 g/mol. The molecule has 0 radical (unpaired) electrons. The number of hydrogen-bond acceptors (Lipinski definition) is 4. The highest BCUT2D eigenvalue weighted by molar-refractivity contribution is 7.90. The van der Waals surface area contributed by atoms with E-state index in [0.29, 0.717) is 22.4 Å². The Morgan fingerprint density at radius 3 is 1.78 bits per heavy atom. The van der Waals surface area contributed by atoms with Crippen LogP contribution >= 0.6 is 0 Å². The Labute approximate surface area is 212 Å². The van der Waals surface area contributed by atoms with Gasteiger partial charge in [0.1, 0.15) is 0 Å². The molecule has 1 aliphatic heterocycles. The molecule has 0 saturated heterocycles. The van der Waals surface area contributed by atoms with E-state index in [2.05, 4.69) is 6.58 Å². The summed E-state index contributed by atoms with van der Waals surface area (Å²) < 4.78 is 57.2. The summed E-state index contributed by atoms with van der Waals surface area (Å²) in [7, 11) is -7.87. The second kappa shape index (κ2) is 8.89. The maximum Gasteiger partial charge on any atom is 0.267 e. The van der Waals surface area contributed by atoms with Gasteiger partial charge in [-0.1, -0.05) is 72.3 Å². The monoisotopic (exact) mass is 518 g/mol. The quantitative estimate of drug-likeness (QED) is 0.363. The van der Waals surface area contributed by atoms with E-state index in [1.54, 1.807) is 54.7 Å². The normalized spacial score (nSPS) is 14.6. The molecule has 4 aromatic rings. The number of fused-ring (bicyclic) bond motifs is 1. The van der Waals surface area contributed by atoms with Gasteiger partial charge >= 0.3 is 0 Å². The highest BCUT2D eigenvalue weighted by atomic mass is 32.2. The maximum atomic E-state index is 13.8. The third kappa shape index (κ3) is 4.11. The van der Waals surface area contributed by atoms with Crippen LogP contribution < -0.4 is 0 Å². The summed E-state index contributed by atoms with van der Waals surface area (Å²) >= 11 is 0. The van der Waals surface area contributed by atoms with Gasteiger partial charge in [-0.25, -0.2) is 20.8 Å². The second-order valence-corrected chi connectivity index (χ2v) is 12.8. The van der Waals surface area contributed by atoms with E-state index in [4.69, 9.17) is 0 Å². The van der Waals surface area contributed by atoms with Crippen LogP contribution in [0.25, 0.3) is 16.7 Å². The molecule has 0 saturated carbocycles. The zero-order valence-corrected chi connectivity index (χ0v) is 21.7. The van der Waals surface area contributed by atoms with Crippen LogP contribution in [0.15, 0.2) is 101 Å². The fourth-order valence-electron chi connectivity index (χ4n) is 4.49. The fourth-order valence-corrected chi connectivity index (χ4v) is 7.27. The van der Waals surface area contributed by atoms with E-state index < -0.39 is 20.0 Å². The number of aryl methyl sites for hydroxylation is 2. The number of hydrogen-bond donors (Lipinski definition) is 0. The van der Waals surface area contributed by atoms with Crippen molar-refractivity contribution in [1.82, 2.24) is 8.28 Å². The average molecular weight is 519 g/mol. The van der Waals surface area contributed by atoms with Crippen LogP contribution in [0.5, 0.6) is 0 Å². The van der Waals surface area contributed by atoms with Crippen LogP contribution in [0, 0.1) is 13.8 Å². The van der Waals surface area contributed by atoms with Crippen molar-refractivity contribution in [1.29, 1.82) is 0 Å². The minimum atomic E-state index is -3.99. The van der Waals surface area contributed by atoms with Gasteiger partial charge in [-0.3, -0.25) is 0 Å². The first-order chi connectivity index (χ1) is 17.1. The highest BCUT2D eigenvalue weighted by Crippen LogP contribution is 2.40. The van der Waals surface area contributed by atoms with E-state index in [1.165, 1.54) is 8.28 Å². The first-order valence-corrected chi connectivity index (χ1v) is 14.3. The van der Waals surface area contributed by atoms with E-state index >= 15 is 0 Å². The minimum Gasteiger partial charge on any atom is -0.243 e. The Bertz CT molecular complexity index is 1670. The first kappa shape index (κ1) is 24.2. The predicted octanol–water partition coefficient (Wildman–Crippen LogP) is 5.23. The van der Waals surface area contributed by atoms with Crippen LogP contribution in [0.1, 0.15) is 22.4 Å². The van der Waals surface area contributed by atoms with E-state index in [9.17, 15) is 16.8 Å². The van der Waals surface area contributed by atoms with E-state index in [-0.39, 0.29) is 22.9 Å². The summed E-state index contributed by atoms with van der Waals surface area (Å²) in [6.45, 7) is 7.93. The Hall–Kier alpha value is -3.46. The summed E-state index contributed by atoms with van der Waals surface area (Å²) in [5, 5.41) is 0. The van der Waals surface area contributed by atoms with Gasteiger partial charge in [-0.15, -0.1) is 0 Å². The third-order valence-electron chi connectivity index (χ3n) is 6.44. The molecule has 0 aliphatic carbocycles. The predicted molar refractivity (Wildman–Crippen MR) is 141 cm³/mol. The second-order valence-electron chi connectivity index (χ2n) is 9.03. The largest absolute Gasteiger partial charge is 0.267 e. The fraction of sp³-hybridized carbons (Fsp3) is 0.143. The van der Waals surface area contributed by atoms with Crippen molar-refractivity contribution in [3.05, 3.63) is 114 Å². The number of nitrogens with zero attached hydrogens (tertiary/aromatic N) is 2. The van der Waals surface area contributed by atoms with Crippen LogP contribution in [0.3, 0.4) is 0 Å². The van der Waals surface area contributed by atoms with Crippen molar-refractivity contribution in [2.45, 2.75) is 30.2 Å². The van der Waals surface area contributed by atoms with Crippen molar-refractivity contribution < 1.29 is 16.8 Å². The summed E-state index contributed by atoms with van der Waals surface area (Å²) in [5.74, 6) is 0. The minimum absolute atomic E-state index is 0.0671. The van der Waals surface area contributed by atoms with E-state index in [1.807, 2.05) is 44.2 Å². The van der Waals surface area contributed by atoms with Crippen LogP contribution in [0.2, 0.25) is 0 Å². The topological polar surface area (TPSA) is 76.5 Å². The lowest BCUT2D eigenvalue weighted by Gasteiger charge is -2.29. The van der Waals surface area contributed by atoms with Crippen molar-refractivity contribution in [3.8, 4) is 11.1 Å². The molecule has 5 rings (SSSR count). The highest BCUT2D eigenvalue weighted by Gasteiger charge is 2.36. The Morgan fingerprint density at radius 2 is 1.22 bits per heavy atom. The zero-order chi connectivity index (χ0) is 25.7. The van der Waals surface area contributed by atoms with Gasteiger partial charge in [0.2, 0.25) is 10.0 Å². The molecule has 0 bridgehead atoms. The molecule has 0 fully saturated rings. The summed E-state index contributed by atoms with van der Waals surface area (Å²) in [6, 6.07) is 22.7. The van der Waals surface area contributed by atoms with Gasteiger partial charge in [-0.05, 0) is 49.2 Å². The van der Waals surface area contributed by atoms with Gasteiger partial charge in [0, 0.05) is 23.9 Å². The molecule has 6 nitrogen and oxygen atoms in total. The SMILES string of the molecule is C=C1CN(S(=O)(=O)c2ccc(C)cc2)Cc2c1c(-c1ccccc1)cn2S(=O)(=O)c1ccc(C)cc1. The van der Waals surface area contributed by atoms with E-state index in [0.717, 1.165) is 16.7 Å². The van der Waals surface area contributed by atoms with Crippen LogP contribution in [-0.2, 0) is 26.6 Å². The number of benzene rings is 3. The molecule has 1 aromatic heterocycles. The molecular formula is C28H26N2O4S2. The molecule has 3 aromatic carbocycles. The van der Waals surface area contributed by atoms with Crippen LogP contribution in [0.4, 0.5) is 0 Å². The van der Waals surface area contributed by atoms with Crippen LogP contribution in [-0.4, -0.2) is 31.7 Å². The molecule has 36 heavy (non-hydrogen) atoms. The summed E-state index contributed by atoms with van der Waals surface area (Å²) in [6.07, 6.45) is 1.59. The van der Waals surface area contributed by atoms with Crippen molar-refractivity contribution in [3.63, 3.8) is 0 Å². The Balaban J connectivity index is 1.69. The van der Waals surface area contributed by atoms with Gasteiger partial charge in [0.15, 0.2) is 0 Å². The number of aromatic nitrogens is 1. The lowest BCUT2D eigenvalue weighted by molar-refractivity contribution is 0.427. The van der Waals surface area contributed by atoms with Gasteiger partial charge in [0.25, 0.3) is 10.0 Å². The van der Waals surface area contributed by atoms with Gasteiger partial charge in [0.05, 0.1) is 22.0 Å². The third-order valence-corrected chi connectivity index (χ3v) is 9.96. The molecule has 2 heterocycles. The standard InChI is InChI=1S/C28H26N2O4S2/c1-20-9-13-24(14-10-20)35(31,32)29-17-22(3)28-26(23-7-5-4-6-8-23)18-30(27(28)19-29)36(33,34)25-15-11-21(2)12-16-25/h4-16,18H,3,17,19H2,1-2H3. The van der Waals surface area contributed by atoms with Gasteiger partial charge < -0.3 is 0 Å². The van der Waals surface area contributed by atoms with Gasteiger partial charge in [-0.2, -0.15) is 4.31 Å². The molecule has 0 spiro atoms. The maximum absolute atomic E-state index is 13.8.